The third kappa shape index (κ3) is 3.32. The fraction of sp³-hybridized carbons (Fsp3) is 0.133. The van der Waals surface area contributed by atoms with Crippen molar-refractivity contribution >= 4 is 17.3 Å². The Kier molecular flexibility index (Phi) is 4.57. The van der Waals surface area contributed by atoms with Crippen molar-refractivity contribution < 1.29 is 14.5 Å². The normalized spacial score (nSPS) is 10.0. The molecule has 0 aliphatic rings. The number of nitro benzene ring substituents is 1. The lowest BCUT2D eigenvalue weighted by Crippen LogP contribution is -2.23. The maximum atomic E-state index is 12.1. The summed E-state index contributed by atoms with van der Waals surface area (Å²) in [7, 11) is 1.55. The molecular formula is C15H15N3O4. The van der Waals surface area contributed by atoms with E-state index in [4.69, 9.17) is 10.5 Å². The third-order valence-corrected chi connectivity index (χ3v) is 3.12. The fourth-order valence-electron chi connectivity index (χ4n) is 1.97. The summed E-state index contributed by atoms with van der Waals surface area (Å²) in [5.74, 6) is 0.236. The van der Waals surface area contributed by atoms with Crippen molar-refractivity contribution in [3.63, 3.8) is 0 Å². The lowest BCUT2D eigenvalue weighted by Gasteiger charge is -2.09. The molecule has 2 rings (SSSR count). The van der Waals surface area contributed by atoms with Crippen molar-refractivity contribution in [2.75, 3.05) is 12.8 Å². The van der Waals surface area contributed by atoms with Gasteiger partial charge in [-0.1, -0.05) is 18.2 Å². The fourth-order valence-corrected chi connectivity index (χ4v) is 1.97. The summed E-state index contributed by atoms with van der Waals surface area (Å²) in [5, 5.41) is 13.5. The molecule has 0 aromatic heterocycles. The van der Waals surface area contributed by atoms with Crippen LogP contribution in [-0.4, -0.2) is 17.9 Å². The first kappa shape index (κ1) is 15.3. The summed E-state index contributed by atoms with van der Waals surface area (Å²) in [6, 6.07) is 11.2. The molecule has 0 aliphatic heterocycles. The predicted molar refractivity (Wildman–Crippen MR) is 81.7 cm³/mol. The van der Waals surface area contributed by atoms with Crippen LogP contribution in [0.5, 0.6) is 5.75 Å². The van der Waals surface area contributed by atoms with Crippen LogP contribution < -0.4 is 15.8 Å². The molecule has 2 aromatic carbocycles. The van der Waals surface area contributed by atoms with Crippen molar-refractivity contribution in [2.45, 2.75) is 6.54 Å². The molecule has 7 nitrogen and oxygen atoms in total. The Labute approximate surface area is 126 Å². The maximum absolute atomic E-state index is 12.1. The van der Waals surface area contributed by atoms with Crippen molar-refractivity contribution in [1.29, 1.82) is 0 Å². The number of ether oxygens (including phenoxy) is 1. The van der Waals surface area contributed by atoms with Crippen LogP contribution in [0, 0.1) is 10.1 Å². The summed E-state index contributed by atoms with van der Waals surface area (Å²) in [6.45, 7) is 0.251. The number of nitrogen functional groups attached to an aromatic ring is 1. The first-order valence-electron chi connectivity index (χ1n) is 6.47. The summed E-state index contributed by atoms with van der Waals surface area (Å²) in [5.41, 5.74) is 6.22. The van der Waals surface area contributed by atoms with Crippen molar-refractivity contribution in [2.24, 2.45) is 0 Å². The van der Waals surface area contributed by atoms with Gasteiger partial charge in [-0.25, -0.2) is 0 Å². The maximum Gasteiger partial charge on any atom is 0.292 e. The molecule has 0 radical (unpaired) electrons. The molecule has 0 fully saturated rings. The molecular weight excluding hydrogens is 286 g/mol. The Morgan fingerprint density at radius 3 is 2.73 bits per heavy atom. The molecule has 0 heterocycles. The zero-order chi connectivity index (χ0) is 16.1. The average Bonchev–Trinajstić information content (AvgIpc) is 2.53. The van der Waals surface area contributed by atoms with Crippen LogP contribution in [0.25, 0.3) is 0 Å². The van der Waals surface area contributed by atoms with Gasteiger partial charge >= 0.3 is 0 Å². The van der Waals surface area contributed by atoms with Crippen LogP contribution in [0.1, 0.15) is 15.9 Å². The van der Waals surface area contributed by atoms with Crippen LogP contribution in [0.4, 0.5) is 11.4 Å². The highest BCUT2D eigenvalue weighted by atomic mass is 16.6. The molecule has 0 bridgehead atoms. The predicted octanol–water partition coefficient (Wildman–Crippen LogP) is 2.12. The minimum atomic E-state index is -0.619. The molecule has 0 spiro atoms. The molecule has 7 heteroatoms. The van der Waals surface area contributed by atoms with E-state index in [2.05, 4.69) is 5.32 Å². The molecule has 0 atom stereocenters. The number of nitro groups is 1. The van der Waals surface area contributed by atoms with E-state index in [0.717, 1.165) is 11.6 Å². The van der Waals surface area contributed by atoms with Crippen LogP contribution in [0.3, 0.4) is 0 Å². The van der Waals surface area contributed by atoms with Crippen LogP contribution in [0.2, 0.25) is 0 Å². The highest BCUT2D eigenvalue weighted by Gasteiger charge is 2.15. The minimum absolute atomic E-state index is 0.0197. The highest BCUT2D eigenvalue weighted by molar-refractivity contribution is 5.95. The summed E-state index contributed by atoms with van der Waals surface area (Å²) in [4.78, 5) is 22.3. The lowest BCUT2D eigenvalue weighted by atomic mass is 10.1. The van der Waals surface area contributed by atoms with E-state index >= 15 is 0 Å². The topological polar surface area (TPSA) is 107 Å². The number of hydrogen-bond donors (Lipinski definition) is 2. The largest absolute Gasteiger partial charge is 0.496 e. The SMILES string of the molecule is COc1ccccc1CNC(=O)c1ccc(N)c([N+](=O)[O-])c1. The Bertz CT molecular complexity index is 716. The highest BCUT2D eigenvalue weighted by Crippen LogP contribution is 2.22. The molecule has 0 unspecified atom stereocenters. The second-order valence-electron chi connectivity index (χ2n) is 4.53. The number of amides is 1. The summed E-state index contributed by atoms with van der Waals surface area (Å²) < 4.78 is 5.19. The van der Waals surface area contributed by atoms with E-state index in [1.165, 1.54) is 12.1 Å². The first-order chi connectivity index (χ1) is 10.5. The van der Waals surface area contributed by atoms with Gasteiger partial charge in [0.05, 0.1) is 12.0 Å². The number of nitrogens with zero attached hydrogens (tertiary/aromatic N) is 1. The molecule has 2 aromatic rings. The Morgan fingerprint density at radius 1 is 1.32 bits per heavy atom. The van der Waals surface area contributed by atoms with Crippen molar-refractivity contribution in [3.05, 3.63) is 63.7 Å². The second kappa shape index (κ2) is 6.57. The van der Waals surface area contributed by atoms with Crippen molar-refractivity contribution in [1.82, 2.24) is 5.32 Å². The van der Waals surface area contributed by atoms with Gasteiger partial charge in [0.1, 0.15) is 11.4 Å². The lowest BCUT2D eigenvalue weighted by molar-refractivity contribution is -0.383. The third-order valence-electron chi connectivity index (χ3n) is 3.12. The van der Waals surface area contributed by atoms with E-state index in [9.17, 15) is 14.9 Å². The monoisotopic (exact) mass is 301 g/mol. The minimum Gasteiger partial charge on any atom is -0.496 e. The van der Waals surface area contributed by atoms with E-state index < -0.39 is 10.8 Å². The number of rotatable bonds is 5. The van der Waals surface area contributed by atoms with E-state index in [1.54, 1.807) is 13.2 Å². The Balaban J connectivity index is 2.13. The molecule has 0 saturated carbocycles. The summed E-state index contributed by atoms with van der Waals surface area (Å²) in [6.07, 6.45) is 0. The average molecular weight is 301 g/mol. The number of anilines is 1. The number of para-hydroxylation sites is 1. The molecule has 3 N–H and O–H groups in total. The Morgan fingerprint density at radius 2 is 2.05 bits per heavy atom. The number of benzene rings is 2. The molecule has 114 valence electrons. The van der Waals surface area contributed by atoms with E-state index in [0.29, 0.717) is 5.75 Å². The summed E-state index contributed by atoms with van der Waals surface area (Å²) >= 11 is 0. The second-order valence-corrected chi connectivity index (χ2v) is 4.53. The quantitative estimate of drug-likeness (QED) is 0.499. The van der Waals surface area contributed by atoms with Gasteiger partial charge < -0.3 is 15.8 Å². The van der Waals surface area contributed by atoms with Gasteiger partial charge in [-0.2, -0.15) is 0 Å². The molecule has 0 saturated heterocycles. The van der Waals surface area contributed by atoms with Crippen molar-refractivity contribution in [3.8, 4) is 5.75 Å². The van der Waals surface area contributed by atoms with Gasteiger partial charge in [-0.3, -0.25) is 14.9 Å². The molecule has 22 heavy (non-hydrogen) atoms. The first-order valence-corrected chi connectivity index (χ1v) is 6.47. The van der Waals surface area contributed by atoms with Crippen LogP contribution in [-0.2, 0) is 6.54 Å². The van der Waals surface area contributed by atoms with Gasteiger partial charge in [0, 0.05) is 23.7 Å². The number of carbonyl (C=O) groups is 1. The standard InChI is InChI=1S/C15H15N3O4/c1-22-14-5-3-2-4-11(14)9-17-15(19)10-6-7-12(16)13(8-10)18(20)21/h2-8H,9,16H2,1H3,(H,17,19). The van der Waals surface area contributed by atoms with Crippen LogP contribution in [0.15, 0.2) is 42.5 Å². The van der Waals surface area contributed by atoms with Gasteiger partial charge in [0.25, 0.3) is 11.6 Å². The number of carbonyl (C=O) groups excluding carboxylic acids is 1. The smallest absolute Gasteiger partial charge is 0.292 e. The number of methoxy groups -OCH3 is 1. The van der Waals surface area contributed by atoms with Crippen LogP contribution >= 0.6 is 0 Å². The zero-order valence-electron chi connectivity index (χ0n) is 11.9. The van der Waals surface area contributed by atoms with E-state index in [-0.39, 0.29) is 23.5 Å². The van der Waals surface area contributed by atoms with Gasteiger partial charge in [-0.05, 0) is 18.2 Å². The van der Waals surface area contributed by atoms with Gasteiger partial charge in [0.2, 0.25) is 0 Å². The zero-order valence-corrected chi connectivity index (χ0v) is 11.9. The van der Waals surface area contributed by atoms with Gasteiger partial charge in [-0.15, -0.1) is 0 Å². The number of nitrogens with one attached hydrogen (secondary N) is 1. The molecule has 0 aliphatic carbocycles. The Hall–Kier alpha value is -3.09. The number of nitrogens with two attached hydrogens (primary N) is 1. The molecule has 1 amide bonds. The van der Waals surface area contributed by atoms with E-state index in [1.807, 2.05) is 18.2 Å². The van der Waals surface area contributed by atoms with Gasteiger partial charge in [0.15, 0.2) is 0 Å². The number of hydrogen-bond acceptors (Lipinski definition) is 5.